The molecule has 1 atom stereocenters. The Labute approximate surface area is 104 Å². The Balaban J connectivity index is 2.08. The summed E-state index contributed by atoms with van der Waals surface area (Å²) in [4.78, 5) is 4.80. The van der Waals surface area contributed by atoms with Crippen LogP contribution in [0.2, 0.25) is 0 Å². The number of aromatic hydroxyl groups is 1. The number of nitrogens with zero attached hydrogens (tertiary/aromatic N) is 2. The van der Waals surface area contributed by atoms with Crippen LogP contribution in [0, 0.1) is 6.92 Å². The summed E-state index contributed by atoms with van der Waals surface area (Å²) in [7, 11) is 2.16. The lowest BCUT2D eigenvalue weighted by atomic mass is 10.1. The standard InChI is InChI=1S/C14H22N2O/c1-11-5-4-6-13(14(11)17)10-16-8-7-15(3)9-12(16)2/h4-6,12,17H,7-10H2,1-3H3. The molecule has 1 saturated heterocycles. The number of benzene rings is 1. The number of likely N-dealkylation sites (N-methyl/N-ethyl adjacent to an activating group) is 1. The molecule has 17 heavy (non-hydrogen) atoms. The first-order valence-electron chi connectivity index (χ1n) is 6.28. The van der Waals surface area contributed by atoms with Crippen molar-refractivity contribution >= 4 is 0 Å². The van der Waals surface area contributed by atoms with Gasteiger partial charge in [0.2, 0.25) is 0 Å². The molecule has 0 aromatic heterocycles. The summed E-state index contributed by atoms with van der Waals surface area (Å²) in [6, 6.07) is 6.54. The maximum atomic E-state index is 10.0. The Morgan fingerprint density at radius 1 is 1.35 bits per heavy atom. The second kappa shape index (κ2) is 5.07. The van der Waals surface area contributed by atoms with E-state index >= 15 is 0 Å². The van der Waals surface area contributed by atoms with Crippen LogP contribution in [0.1, 0.15) is 18.1 Å². The van der Waals surface area contributed by atoms with Gasteiger partial charge in [-0.3, -0.25) is 4.90 Å². The molecule has 0 aliphatic carbocycles. The lowest BCUT2D eigenvalue weighted by Crippen LogP contribution is -2.49. The van der Waals surface area contributed by atoms with Crippen molar-refractivity contribution in [3.05, 3.63) is 29.3 Å². The SMILES string of the molecule is Cc1cccc(CN2CCN(C)CC2C)c1O. The number of para-hydroxylation sites is 1. The molecule has 0 amide bonds. The molecular formula is C14H22N2O. The smallest absolute Gasteiger partial charge is 0.122 e. The summed E-state index contributed by atoms with van der Waals surface area (Å²) >= 11 is 0. The molecule has 1 aliphatic heterocycles. The maximum absolute atomic E-state index is 10.0. The van der Waals surface area contributed by atoms with Crippen LogP contribution in [0.4, 0.5) is 0 Å². The van der Waals surface area contributed by atoms with E-state index in [-0.39, 0.29) is 0 Å². The van der Waals surface area contributed by atoms with Crippen molar-refractivity contribution in [1.82, 2.24) is 9.80 Å². The molecule has 94 valence electrons. The third-order valence-corrected chi connectivity index (χ3v) is 3.66. The van der Waals surface area contributed by atoms with Gasteiger partial charge >= 0.3 is 0 Å². The minimum Gasteiger partial charge on any atom is -0.507 e. The highest BCUT2D eigenvalue weighted by molar-refractivity contribution is 5.39. The molecule has 1 N–H and O–H groups in total. The van der Waals surface area contributed by atoms with Crippen LogP contribution >= 0.6 is 0 Å². The molecule has 1 aromatic rings. The summed E-state index contributed by atoms with van der Waals surface area (Å²) in [5, 5.41) is 10.0. The molecule has 3 heteroatoms. The third-order valence-electron chi connectivity index (χ3n) is 3.66. The molecular weight excluding hydrogens is 212 g/mol. The normalized spacial score (nSPS) is 22.9. The van der Waals surface area contributed by atoms with E-state index in [4.69, 9.17) is 0 Å². The average molecular weight is 234 g/mol. The number of hydrogen-bond donors (Lipinski definition) is 1. The first kappa shape index (κ1) is 12.4. The van der Waals surface area contributed by atoms with Gasteiger partial charge in [0, 0.05) is 37.8 Å². The van der Waals surface area contributed by atoms with Crippen molar-refractivity contribution in [2.75, 3.05) is 26.7 Å². The zero-order chi connectivity index (χ0) is 12.4. The maximum Gasteiger partial charge on any atom is 0.122 e. The molecule has 1 aromatic carbocycles. The minimum absolute atomic E-state index is 0.457. The largest absolute Gasteiger partial charge is 0.507 e. The molecule has 0 saturated carbocycles. The van der Waals surface area contributed by atoms with Gasteiger partial charge in [-0.05, 0) is 26.5 Å². The highest BCUT2D eigenvalue weighted by Crippen LogP contribution is 2.24. The van der Waals surface area contributed by atoms with Gasteiger partial charge in [0.05, 0.1) is 0 Å². The Kier molecular flexibility index (Phi) is 3.69. The van der Waals surface area contributed by atoms with E-state index in [0.717, 1.165) is 37.3 Å². The molecule has 1 unspecified atom stereocenters. The van der Waals surface area contributed by atoms with Crippen LogP contribution in [0.3, 0.4) is 0 Å². The predicted octanol–water partition coefficient (Wildman–Crippen LogP) is 1.84. The molecule has 1 aliphatic rings. The van der Waals surface area contributed by atoms with Crippen LogP contribution in [0.25, 0.3) is 0 Å². The first-order valence-corrected chi connectivity index (χ1v) is 6.28. The summed E-state index contributed by atoms with van der Waals surface area (Å²) in [6.07, 6.45) is 0. The van der Waals surface area contributed by atoms with Gasteiger partial charge < -0.3 is 10.0 Å². The van der Waals surface area contributed by atoms with E-state index in [1.165, 1.54) is 0 Å². The van der Waals surface area contributed by atoms with Gasteiger partial charge in [-0.2, -0.15) is 0 Å². The van der Waals surface area contributed by atoms with Crippen molar-refractivity contribution in [3.8, 4) is 5.75 Å². The van der Waals surface area contributed by atoms with Gasteiger partial charge in [0.25, 0.3) is 0 Å². The van der Waals surface area contributed by atoms with Crippen LogP contribution in [0.5, 0.6) is 5.75 Å². The number of rotatable bonds is 2. The van der Waals surface area contributed by atoms with Crippen molar-refractivity contribution in [2.24, 2.45) is 0 Å². The minimum atomic E-state index is 0.457. The molecule has 1 heterocycles. The fourth-order valence-corrected chi connectivity index (χ4v) is 2.48. The fraction of sp³-hybridized carbons (Fsp3) is 0.571. The zero-order valence-corrected chi connectivity index (χ0v) is 11.0. The van der Waals surface area contributed by atoms with E-state index in [1.807, 2.05) is 25.1 Å². The van der Waals surface area contributed by atoms with Gasteiger partial charge in [-0.1, -0.05) is 18.2 Å². The first-order chi connectivity index (χ1) is 8.08. The number of phenolic OH excluding ortho intramolecular Hbond substituents is 1. The number of phenols is 1. The van der Waals surface area contributed by atoms with Gasteiger partial charge in [0.15, 0.2) is 0 Å². The topological polar surface area (TPSA) is 26.7 Å². The highest BCUT2D eigenvalue weighted by Gasteiger charge is 2.22. The number of hydrogen-bond acceptors (Lipinski definition) is 3. The Hall–Kier alpha value is -1.06. The van der Waals surface area contributed by atoms with Crippen molar-refractivity contribution in [3.63, 3.8) is 0 Å². The van der Waals surface area contributed by atoms with Crippen LogP contribution < -0.4 is 0 Å². The number of aryl methyl sites for hydroxylation is 1. The van der Waals surface area contributed by atoms with E-state index < -0.39 is 0 Å². The van der Waals surface area contributed by atoms with Crippen LogP contribution in [0.15, 0.2) is 18.2 Å². The predicted molar refractivity (Wildman–Crippen MR) is 70.2 cm³/mol. The highest BCUT2D eigenvalue weighted by atomic mass is 16.3. The van der Waals surface area contributed by atoms with Gasteiger partial charge in [0.1, 0.15) is 5.75 Å². The van der Waals surface area contributed by atoms with Gasteiger partial charge in [-0.25, -0.2) is 0 Å². The molecule has 2 rings (SSSR count). The zero-order valence-electron chi connectivity index (χ0n) is 11.0. The molecule has 1 fully saturated rings. The second-order valence-electron chi connectivity index (χ2n) is 5.16. The average Bonchev–Trinajstić information content (AvgIpc) is 2.28. The quantitative estimate of drug-likeness (QED) is 0.846. The molecule has 0 spiro atoms. The Bertz CT molecular complexity index is 392. The summed E-state index contributed by atoms with van der Waals surface area (Å²) in [5.74, 6) is 0.457. The van der Waals surface area contributed by atoms with E-state index in [9.17, 15) is 5.11 Å². The third kappa shape index (κ3) is 2.79. The Morgan fingerprint density at radius 3 is 2.82 bits per heavy atom. The van der Waals surface area contributed by atoms with Crippen molar-refractivity contribution < 1.29 is 5.11 Å². The van der Waals surface area contributed by atoms with E-state index in [0.29, 0.717) is 11.8 Å². The van der Waals surface area contributed by atoms with E-state index in [1.54, 1.807) is 0 Å². The summed E-state index contributed by atoms with van der Waals surface area (Å²) in [5.41, 5.74) is 2.01. The molecule has 3 nitrogen and oxygen atoms in total. The van der Waals surface area contributed by atoms with Gasteiger partial charge in [-0.15, -0.1) is 0 Å². The lowest BCUT2D eigenvalue weighted by Gasteiger charge is -2.38. The van der Waals surface area contributed by atoms with Crippen LogP contribution in [-0.2, 0) is 6.54 Å². The molecule has 0 radical (unpaired) electrons. The van der Waals surface area contributed by atoms with Crippen molar-refractivity contribution in [2.45, 2.75) is 26.4 Å². The second-order valence-corrected chi connectivity index (χ2v) is 5.16. The van der Waals surface area contributed by atoms with E-state index in [2.05, 4.69) is 23.8 Å². The molecule has 0 bridgehead atoms. The monoisotopic (exact) mass is 234 g/mol. The summed E-state index contributed by atoms with van der Waals surface area (Å²) < 4.78 is 0. The van der Waals surface area contributed by atoms with Crippen molar-refractivity contribution in [1.29, 1.82) is 0 Å². The lowest BCUT2D eigenvalue weighted by molar-refractivity contribution is 0.0931. The summed E-state index contributed by atoms with van der Waals surface area (Å²) in [6.45, 7) is 8.34. The van der Waals surface area contributed by atoms with Crippen LogP contribution in [-0.4, -0.2) is 47.6 Å². The Morgan fingerprint density at radius 2 is 2.12 bits per heavy atom. The number of piperazine rings is 1. The fourth-order valence-electron chi connectivity index (χ4n) is 2.48.